The van der Waals surface area contributed by atoms with E-state index in [1.165, 1.54) is 30.6 Å². The first-order valence-electron chi connectivity index (χ1n) is 7.96. The second-order valence-electron chi connectivity index (χ2n) is 5.82. The molecule has 1 heterocycles. The van der Waals surface area contributed by atoms with Crippen molar-refractivity contribution in [3.05, 3.63) is 45.4 Å². The summed E-state index contributed by atoms with van der Waals surface area (Å²) in [4.78, 5) is 17.3. The van der Waals surface area contributed by atoms with Gasteiger partial charge < -0.3 is 10.6 Å². The third-order valence-electron chi connectivity index (χ3n) is 4.08. The van der Waals surface area contributed by atoms with Crippen LogP contribution >= 0.6 is 22.9 Å². The Labute approximate surface area is 145 Å². The smallest absolute Gasteiger partial charge is 0.251 e. The maximum atomic E-state index is 12.3. The summed E-state index contributed by atoms with van der Waals surface area (Å²) in [6.07, 6.45) is 7.69. The Kier molecular flexibility index (Phi) is 5.51. The third-order valence-corrected chi connectivity index (χ3v) is 5.19. The molecule has 0 spiro atoms. The monoisotopic (exact) mass is 349 g/mol. The molecule has 122 valence electrons. The second-order valence-corrected chi connectivity index (χ2v) is 7.52. The van der Waals surface area contributed by atoms with Crippen molar-refractivity contribution in [3.8, 4) is 0 Å². The number of benzene rings is 1. The minimum absolute atomic E-state index is 0.0256. The molecule has 0 radical (unpaired) electrons. The van der Waals surface area contributed by atoms with Crippen LogP contribution in [0.1, 0.15) is 47.3 Å². The number of thiazole rings is 1. The molecule has 0 saturated heterocycles. The van der Waals surface area contributed by atoms with Crippen LogP contribution in [0.15, 0.2) is 30.5 Å². The van der Waals surface area contributed by atoms with E-state index in [1.807, 2.05) is 24.3 Å². The summed E-state index contributed by atoms with van der Waals surface area (Å²) in [5, 5.41) is 6.44. The average molecular weight is 350 g/mol. The van der Waals surface area contributed by atoms with E-state index in [4.69, 9.17) is 11.6 Å². The van der Waals surface area contributed by atoms with E-state index in [0.717, 1.165) is 23.4 Å². The molecule has 2 N–H and O–H groups in total. The zero-order chi connectivity index (χ0) is 16.1. The van der Waals surface area contributed by atoms with Crippen molar-refractivity contribution in [3.63, 3.8) is 0 Å². The third kappa shape index (κ3) is 4.69. The van der Waals surface area contributed by atoms with Gasteiger partial charge in [0.15, 0.2) is 4.47 Å². The minimum atomic E-state index is 0.0256. The number of carbonyl (C=O) groups is 1. The number of carbonyl (C=O) groups excluding carboxylic acids is 1. The highest BCUT2D eigenvalue weighted by Gasteiger charge is 2.16. The van der Waals surface area contributed by atoms with Gasteiger partial charge in [0.05, 0.1) is 6.54 Å². The number of nitrogens with zero attached hydrogens (tertiary/aromatic N) is 1. The average Bonchev–Trinajstić information content (AvgIpc) is 3.00. The number of hydrogen-bond donors (Lipinski definition) is 2. The Hall–Kier alpha value is -1.59. The van der Waals surface area contributed by atoms with Crippen LogP contribution in [0.3, 0.4) is 0 Å². The largest absolute Gasteiger partial charge is 0.380 e. The molecule has 3 rings (SSSR count). The summed E-state index contributed by atoms with van der Waals surface area (Å²) >= 11 is 7.28. The highest BCUT2D eigenvalue weighted by atomic mass is 35.5. The summed E-state index contributed by atoms with van der Waals surface area (Å²) in [5.74, 6) is 0.0256. The Balaban J connectivity index is 1.52. The normalized spacial score (nSPS) is 15.3. The van der Waals surface area contributed by atoms with Crippen LogP contribution in [0.2, 0.25) is 4.47 Å². The molecule has 0 aliphatic heterocycles. The van der Waals surface area contributed by atoms with Crippen molar-refractivity contribution in [1.29, 1.82) is 0 Å². The zero-order valence-electron chi connectivity index (χ0n) is 12.8. The van der Waals surface area contributed by atoms with Crippen molar-refractivity contribution in [1.82, 2.24) is 10.3 Å². The van der Waals surface area contributed by atoms with Gasteiger partial charge in [-0.05, 0) is 37.1 Å². The molecule has 1 aromatic carbocycles. The summed E-state index contributed by atoms with van der Waals surface area (Å²) in [6, 6.07) is 7.92. The lowest BCUT2D eigenvalue weighted by Gasteiger charge is -2.22. The molecule has 23 heavy (non-hydrogen) atoms. The van der Waals surface area contributed by atoms with Crippen molar-refractivity contribution in [2.45, 2.75) is 44.7 Å². The van der Waals surface area contributed by atoms with Crippen LogP contribution < -0.4 is 10.6 Å². The van der Waals surface area contributed by atoms with Crippen LogP contribution in [0.5, 0.6) is 0 Å². The lowest BCUT2D eigenvalue weighted by molar-refractivity contribution is 0.0928. The predicted octanol–water partition coefficient (Wildman–Crippen LogP) is 4.47. The van der Waals surface area contributed by atoms with Crippen LogP contribution in [0, 0.1) is 0 Å². The fourth-order valence-corrected chi connectivity index (χ4v) is 3.73. The summed E-state index contributed by atoms with van der Waals surface area (Å²) in [6.45, 7) is 0.679. The summed E-state index contributed by atoms with van der Waals surface area (Å²) < 4.78 is 0.552. The number of aromatic nitrogens is 1. The van der Waals surface area contributed by atoms with Crippen LogP contribution in [-0.4, -0.2) is 16.9 Å². The molecule has 1 saturated carbocycles. The number of amides is 1. The van der Waals surface area contributed by atoms with Crippen molar-refractivity contribution >= 4 is 34.5 Å². The van der Waals surface area contributed by atoms with Gasteiger partial charge in [-0.15, -0.1) is 11.3 Å². The first kappa shape index (κ1) is 16.3. The van der Waals surface area contributed by atoms with E-state index in [1.54, 1.807) is 6.20 Å². The van der Waals surface area contributed by atoms with Gasteiger partial charge >= 0.3 is 0 Å². The molecule has 0 atom stereocenters. The van der Waals surface area contributed by atoms with E-state index >= 15 is 0 Å². The fourth-order valence-electron chi connectivity index (χ4n) is 2.81. The highest BCUT2D eigenvalue weighted by molar-refractivity contribution is 7.15. The van der Waals surface area contributed by atoms with Gasteiger partial charge in [0, 0.05) is 28.4 Å². The van der Waals surface area contributed by atoms with E-state index < -0.39 is 0 Å². The second kappa shape index (κ2) is 7.79. The number of halogens is 1. The van der Waals surface area contributed by atoms with Gasteiger partial charge in [-0.3, -0.25) is 4.79 Å². The van der Waals surface area contributed by atoms with Gasteiger partial charge in [-0.2, -0.15) is 0 Å². The van der Waals surface area contributed by atoms with E-state index in [-0.39, 0.29) is 5.91 Å². The SMILES string of the molecule is O=C(NC1CCCCC1)c1ccc(NCc2cnc(Cl)s2)cc1. The quantitative estimate of drug-likeness (QED) is 0.837. The van der Waals surface area contributed by atoms with Gasteiger partial charge in [0.1, 0.15) is 0 Å². The molecule has 4 nitrogen and oxygen atoms in total. The van der Waals surface area contributed by atoms with Crippen LogP contribution in [-0.2, 0) is 6.54 Å². The van der Waals surface area contributed by atoms with Gasteiger partial charge in [-0.25, -0.2) is 4.98 Å². The summed E-state index contributed by atoms with van der Waals surface area (Å²) in [7, 11) is 0. The number of rotatable bonds is 5. The molecule has 1 aromatic heterocycles. The molecule has 0 bridgehead atoms. The van der Waals surface area contributed by atoms with Crippen LogP contribution in [0.4, 0.5) is 5.69 Å². The first-order valence-corrected chi connectivity index (χ1v) is 9.15. The number of anilines is 1. The number of hydrogen-bond acceptors (Lipinski definition) is 4. The topological polar surface area (TPSA) is 54.0 Å². The van der Waals surface area contributed by atoms with E-state index in [9.17, 15) is 4.79 Å². The lowest BCUT2D eigenvalue weighted by Crippen LogP contribution is -2.36. The highest BCUT2D eigenvalue weighted by Crippen LogP contribution is 2.20. The van der Waals surface area contributed by atoms with Crippen LogP contribution in [0.25, 0.3) is 0 Å². The Bertz CT molecular complexity index is 650. The molecule has 1 aliphatic carbocycles. The standard InChI is InChI=1S/C17H20ClN3OS/c18-17-20-11-15(23-17)10-19-13-8-6-12(7-9-13)16(22)21-14-4-2-1-3-5-14/h6-9,11,14,19H,1-5,10H2,(H,21,22). The van der Waals surface area contributed by atoms with Crippen molar-refractivity contribution in [2.24, 2.45) is 0 Å². The molecule has 0 unspecified atom stereocenters. The van der Waals surface area contributed by atoms with E-state index in [0.29, 0.717) is 22.6 Å². The Morgan fingerprint density at radius 1 is 1.22 bits per heavy atom. The van der Waals surface area contributed by atoms with Crippen molar-refractivity contribution in [2.75, 3.05) is 5.32 Å². The van der Waals surface area contributed by atoms with E-state index in [2.05, 4.69) is 15.6 Å². The maximum absolute atomic E-state index is 12.3. The minimum Gasteiger partial charge on any atom is -0.380 e. The molecule has 1 amide bonds. The Morgan fingerprint density at radius 3 is 2.61 bits per heavy atom. The van der Waals surface area contributed by atoms with Gasteiger partial charge in [-0.1, -0.05) is 30.9 Å². The lowest BCUT2D eigenvalue weighted by atomic mass is 9.95. The van der Waals surface area contributed by atoms with Crippen molar-refractivity contribution < 1.29 is 4.79 Å². The Morgan fingerprint density at radius 2 is 1.96 bits per heavy atom. The maximum Gasteiger partial charge on any atom is 0.251 e. The summed E-state index contributed by atoms with van der Waals surface area (Å²) in [5.41, 5.74) is 1.69. The van der Waals surface area contributed by atoms with Gasteiger partial charge in [0.2, 0.25) is 0 Å². The molecular weight excluding hydrogens is 330 g/mol. The molecule has 6 heteroatoms. The van der Waals surface area contributed by atoms with Gasteiger partial charge in [0.25, 0.3) is 5.91 Å². The number of nitrogens with one attached hydrogen (secondary N) is 2. The molecule has 2 aromatic rings. The molecule has 1 aliphatic rings. The molecule has 1 fully saturated rings. The predicted molar refractivity (Wildman–Crippen MR) is 95.2 cm³/mol. The molecular formula is C17H20ClN3OS. The fraction of sp³-hybridized carbons (Fsp3) is 0.412. The first-order chi connectivity index (χ1) is 11.2. The zero-order valence-corrected chi connectivity index (χ0v) is 14.4.